The molecule has 0 saturated heterocycles. The molecule has 1 aromatic carbocycles. The van der Waals surface area contributed by atoms with Gasteiger partial charge in [-0.2, -0.15) is 0 Å². The lowest BCUT2D eigenvalue weighted by Crippen LogP contribution is -2.38. The summed E-state index contributed by atoms with van der Waals surface area (Å²) in [5.41, 5.74) is 0.517. The van der Waals surface area contributed by atoms with Gasteiger partial charge in [0.2, 0.25) is 0 Å². The van der Waals surface area contributed by atoms with E-state index >= 15 is 0 Å². The number of rotatable bonds is 6. The Kier molecular flexibility index (Phi) is 6.17. The van der Waals surface area contributed by atoms with E-state index in [1.807, 2.05) is 13.0 Å². The molecule has 0 bridgehead atoms. The molecule has 122 valence electrons. The quantitative estimate of drug-likeness (QED) is 0.795. The second-order valence-electron chi connectivity index (χ2n) is 5.08. The predicted octanol–water partition coefficient (Wildman–Crippen LogP) is 3.26. The van der Waals surface area contributed by atoms with Crippen LogP contribution in [0.4, 0.5) is 0 Å². The molecule has 0 aliphatic heterocycles. The van der Waals surface area contributed by atoms with Gasteiger partial charge < -0.3 is 14.5 Å². The first-order valence-corrected chi connectivity index (χ1v) is 7.87. The van der Waals surface area contributed by atoms with Gasteiger partial charge in [0.1, 0.15) is 11.5 Å². The van der Waals surface area contributed by atoms with Crippen molar-refractivity contribution in [3.63, 3.8) is 0 Å². The van der Waals surface area contributed by atoms with Crippen molar-refractivity contribution in [2.75, 3.05) is 0 Å². The summed E-state index contributed by atoms with van der Waals surface area (Å²) in [6, 6.07) is 10.6. The van der Waals surface area contributed by atoms with Crippen LogP contribution in [0.15, 0.2) is 47.1 Å². The van der Waals surface area contributed by atoms with Crippen molar-refractivity contribution in [3.05, 3.63) is 54.0 Å². The maximum Gasteiger partial charge on any atom is 0.257 e. The van der Waals surface area contributed by atoms with Crippen molar-refractivity contribution in [1.29, 1.82) is 0 Å². The highest BCUT2D eigenvalue weighted by atomic mass is 32.1. The normalized spacial score (nSPS) is 11.6. The fourth-order valence-corrected chi connectivity index (χ4v) is 1.97. The third kappa shape index (κ3) is 5.41. The molecule has 0 radical (unpaired) electrons. The number of amides is 1. The van der Waals surface area contributed by atoms with Crippen molar-refractivity contribution < 1.29 is 13.9 Å². The summed E-state index contributed by atoms with van der Waals surface area (Å²) in [7, 11) is 0. The zero-order chi connectivity index (χ0) is 16.7. The SMILES string of the molecule is CCC(C)Oc1ccc(C(=O)NC(=S)NCc2ccco2)cc1. The number of ether oxygens (including phenoxy) is 1. The van der Waals surface area contributed by atoms with Crippen LogP contribution in [0.2, 0.25) is 0 Å². The molecule has 1 unspecified atom stereocenters. The van der Waals surface area contributed by atoms with Gasteiger partial charge in [0.05, 0.1) is 18.9 Å². The highest BCUT2D eigenvalue weighted by molar-refractivity contribution is 7.80. The molecule has 0 fully saturated rings. The highest BCUT2D eigenvalue weighted by Gasteiger charge is 2.09. The number of thiocarbonyl (C=S) groups is 1. The Morgan fingerprint density at radius 2 is 2.04 bits per heavy atom. The summed E-state index contributed by atoms with van der Waals surface area (Å²) in [4.78, 5) is 12.1. The first-order chi connectivity index (χ1) is 11.1. The van der Waals surface area contributed by atoms with Crippen LogP contribution in [0.5, 0.6) is 5.75 Å². The van der Waals surface area contributed by atoms with Crippen molar-refractivity contribution in [2.45, 2.75) is 32.9 Å². The number of hydrogen-bond donors (Lipinski definition) is 2. The maximum atomic E-state index is 12.1. The van der Waals surface area contributed by atoms with E-state index < -0.39 is 0 Å². The Morgan fingerprint density at radius 3 is 2.65 bits per heavy atom. The Hall–Kier alpha value is -2.34. The third-order valence-corrected chi connectivity index (χ3v) is 3.51. The minimum Gasteiger partial charge on any atom is -0.491 e. The summed E-state index contributed by atoms with van der Waals surface area (Å²) in [6.45, 7) is 4.49. The van der Waals surface area contributed by atoms with Crippen LogP contribution in [0.3, 0.4) is 0 Å². The molecule has 1 heterocycles. The lowest BCUT2D eigenvalue weighted by atomic mass is 10.2. The van der Waals surface area contributed by atoms with Gasteiger partial charge in [-0.3, -0.25) is 10.1 Å². The molecule has 0 saturated carbocycles. The van der Waals surface area contributed by atoms with E-state index in [0.29, 0.717) is 12.1 Å². The summed E-state index contributed by atoms with van der Waals surface area (Å²) >= 11 is 5.09. The molecular weight excluding hydrogens is 312 g/mol. The van der Waals surface area contributed by atoms with E-state index in [4.69, 9.17) is 21.4 Å². The number of carbonyl (C=O) groups is 1. The van der Waals surface area contributed by atoms with Gasteiger partial charge in [-0.15, -0.1) is 0 Å². The smallest absolute Gasteiger partial charge is 0.257 e. The van der Waals surface area contributed by atoms with Crippen LogP contribution >= 0.6 is 12.2 Å². The number of hydrogen-bond acceptors (Lipinski definition) is 4. The van der Waals surface area contributed by atoms with Gasteiger partial charge >= 0.3 is 0 Å². The standard InChI is InChI=1S/C17H20N2O3S/c1-3-12(2)22-14-8-6-13(7-9-14)16(20)19-17(23)18-11-15-5-4-10-21-15/h4-10,12H,3,11H2,1-2H3,(H2,18,19,20,23). The molecule has 1 aromatic heterocycles. The van der Waals surface area contributed by atoms with E-state index in [9.17, 15) is 4.79 Å². The molecule has 1 amide bonds. The Bertz CT molecular complexity index is 638. The average Bonchev–Trinajstić information content (AvgIpc) is 3.07. The first-order valence-electron chi connectivity index (χ1n) is 7.46. The van der Waals surface area contributed by atoms with Gasteiger partial charge in [-0.05, 0) is 62.0 Å². The molecule has 5 nitrogen and oxygen atoms in total. The fraction of sp³-hybridized carbons (Fsp3) is 0.294. The number of furan rings is 1. The average molecular weight is 332 g/mol. The second kappa shape index (κ2) is 8.33. The van der Waals surface area contributed by atoms with Crippen molar-refractivity contribution in [2.24, 2.45) is 0 Å². The van der Waals surface area contributed by atoms with Crippen molar-refractivity contribution in [3.8, 4) is 5.75 Å². The molecule has 2 N–H and O–H groups in total. The van der Waals surface area contributed by atoms with Gasteiger partial charge in [0.25, 0.3) is 5.91 Å². The summed E-state index contributed by atoms with van der Waals surface area (Å²) in [5, 5.41) is 5.80. The molecule has 0 aliphatic carbocycles. The Morgan fingerprint density at radius 1 is 1.30 bits per heavy atom. The van der Waals surface area contributed by atoms with Crippen molar-refractivity contribution >= 4 is 23.2 Å². The monoisotopic (exact) mass is 332 g/mol. The first kappa shape index (κ1) is 17.0. The van der Waals surface area contributed by atoms with Crippen molar-refractivity contribution in [1.82, 2.24) is 10.6 Å². The highest BCUT2D eigenvalue weighted by Crippen LogP contribution is 2.14. The Labute approximate surface area is 141 Å². The fourth-order valence-electron chi connectivity index (χ4n) is 1.80. The number of carbonyl (C=O) groups excluding carboxylic acids is 1. The zero-order valence-electron chi connectivity index (χ0n) is 13.2. The minimum atomic E-state index is -0.267. The van der Waals surface area contributed by atoms with Crippen LogP contribution in [0, 0.1) is 0 Å². The number of benzene rings is 1. The third-order valence-electron chi connectivity index (χ3n) is 3.26. The van der Waals surface area contributed by atoms with E-state index in [1.165, 1.54) is 0 Å². The van der Waals surface area contributed by atoms with Gasteiger partial charge in [-0.25, -0.2) is 0 Å². The van der Waals surface area contributed by atoms with Crippen LogP contribution in [-0.2, 0) is 6.54 Å². The minimum absolute atomic E-state index is 0.146. The molecule has 1 atom stereocenters. The molecule has 2 aromatic rings. The maximum absolute atomic E-state index is 12.1. The molecular formula is C17H20N2O3S. The summed E-state index contributed by atoms with van der Waals surface area (Å²) in [5.74, 6) is 1.22. The molecule has 23 heavy (non-hydrogen) atoms. The van der Waals surface area contributed by atoms with Crippen LogP contribution in [0.25, 0.3) is 0 Å². The zero-order valence-corrected chi connectivity index (χ0v) is 14.0. The molecule has 2 rings (SSSR count). The molecule has 6 heteroatoms. The van der Waals surface area contributed by atoms with Crippen LogP contribution in [-0.4, -0.2) is 17.1 Å². The molecule has 0 spiro atoms. The topological polar surface area (TPSA) is 63.5 Å². The summed E-state index contributed by atoms with van der Waals surface area (Å²) < 4.78 is 10.9. The van der Waals surface area contributed by atoms with E-state index in [2.05, 4.69) is 17.6 Å². The van der Waals surface area contributed by atoms with E-state index in [1.54, 1.807) is 36.6 Å². The largest absolute Gasteiger partial charge is 0.491 e. The second-order valence-corrected chi connectivity index (χ2v) is 5.49. The lowest BCUT2D eigenvalue weighted by Gasteiger charge is -2.13. The summed E-state index contributed by atoms with van der Waals surface area (Å²) in [6.07, 6.45) is 2.66. The van der Waals surface area contributed by atoms with Gasteiger partial charge in [-0.1, -0.05) is 6.92 Å². The van der Waals surface area contributed by atoms with E-state index in [-0.39, 0.29) is 17.1 Å². The molecule has 0 aliphatic rings. The predicted molar refractivity (Wildman–Crippen MR) is 92.4 cm³/mol. The lowest BCUT2D eigenvalue weighted by molar-refractivity contribution is 0.0976. The van der Waals surface area contributed by atoms with Gasteiger partial charge in [0.15, 0.2) is 5.11 Å². The van der Waals surface area contributed by atoms with Gasteiger partial charge in [0, 0.05) is 5.56 Å². The Balaban J connectivity index is 1.83. The van der Waals surface area contributed by atoms with Crippen LogP contribution in [0.1, 0.15) is 36.4 Å². The van der Waals surface area contributed by atoms with E-state index in [0.717, 1.165) is 17.9 Å². The number of nitrogens with one attached hydrogen (secondary N) is 2. The van der Waals surface area contributed by atoms with Crippen LogP contribution < -0.4 is 15.4 Å².